The van der Waals surface area contributed by atoms with E-state index in [9.17, 15) is 29.7 Å². The molecule has 2 aliphatic rings. The smallest absolute Gasteiger partial charge is 0.320 e. The van der Waals surface area contributed by atoms with Gasteiger partial charge in [0.2, 0.25) is 0 Å². The molecular weight excluding hydrogens is 430 g/mol. The normalized spacial score (nSPS) is 30.4. The molecular formula is C24H41NO8. The molecule has 0 aromatic heterocycles. The van der Waals surface area contributed by atoms with Gasteiger partial charge in [0.05, 0.1) is 18.9 Å². The zero-order valence-corrected chi connectivity index (χ0v) is 20.0. The molecule has 1 saturated carbocycles. The number of rotatable bonds is 9. The van der Waals surface area contributed by atoms with Gasteiger partial charge in [-0.05, 0) is 57.4 Å². The molecule has 2 rings (SSSR count). The molecule has 0 bridgehead atoms. The lowest BCUT2D eigenvalue weighted by molar-refractivity contribution is -0.161. The van der Waals surface area contributed by atoms with Crippen molar-refractivity contribution in [2.75, 3.05) is 26.3 Å². The minimum Gasteiger partial charge on any atom is -0.480 e. The van der Waals surface area contributed by atoms with Crippen molar-refractivity contribution < 1.29 is 39.2 Å². The summed E-state index contributed by atoms with van der Waals surface area (Å²) < 4.78 is 11.5. The summed E-state index contributed by atoms with van der Waals surface area (Å²) in [6, 6.07) is -0.552. The molecule has 6 atom stereocenters. The molecule has 190 valence electrons. The molecule has 9 heteroatoms. The highest BCUT2D eigenvalue weighted by molar-refractivity contribution is 5.74. The highest BCUT2D eigenvalue weighted by Gasteiger charge is 2.32. The van der Waals surface area contributed by atoms with E-state index in [2.05, 4.69) is 6.92 Å². The number of carboxylic acid groups (broad SMARTS) is 1. The van der Waals surface area contributed by atoms with Crippen molar-refractivity contribution in [1.29, 1.82) is 0 Å². The van der Waals surface area contributed by atoms with Gasteiger partial charge in [-0.3, -0.25) is 19.3 Å². The molecule has 0 spiro atoms. The van der Waals surface area contributed by atoms with Crippen molar-refractivity contribution in [2.45, 2.75) is 89.9 Å². The quantitative estimate of drug-likeness (QED) is 0.432. The van der Waals surface area contributed by atoms with Crippen LogP contribution in [-0.4, -0.2) is 82.7 Å². The number of ether oxygens (including phenoxy) is 2. The monoisotopic (exact) mass is 471 g/mol. The highest BCUT2D eigenvalue weighted by Crippen LogP contribution is 2.28. The summed E-state index contributed by atoms with van der Waals surface area (Å²) in [6.45, 7) is 4.40. The standard InChI is InChI=1S/C24H41NO8/c1-16-5-3-6-18(15-27)12-20(13-19(11-16)33-24(31)17(2)14-26)32-22(28)8-10-25-9-4-7-21(25)23(29)30/h16-21,26-27H,3-15H2,1-2H3,(H,29,30). The SMILES string of the molecule is CC1CCCC(CO)CC(OC(=O)CCN2CCCC2C(=O)O)CC(OC(=O)C(C)CO)C1. The number of hydrogen-bond donors (Lipinski definition) is 3. The maximum absolute atomic E-state index is 12.6. The minimum atomic E-state index is -0.866. The van der Waals surface area contributed by atoms with Gasteiger partial charge in [0.15, 0.2) is 0 Å². The lowest BCUT2D eigenvalue weighted by Crippen LogP contribution is -2.38. The Bertz CT molecular complexity index is 642. The third kappa shape index (κ3) is 9.22. The molecule has 9 nitrogen and oxygen atoms in total. The lowest BCUT2D eigenvalue weighted by atomic mass is 9.86. The van der Waals surface area contributed by atoms with Crippen LogP contribution in [-0.2, 0) is 23.9 Å². The van der Waals surface area contributed by atoms with Gasteiger partial charge < -0.3 is 24.8 Å². The number of aliphatic hydroxyl groups excluding tert-OH is 2. The van der Waals surface area contributed by atoms with Crippen molar-refractivity contribution in [3.63, 3.8) is 0 Å². The molecule has 0 radical (unpaired) electrons. The van der Waals surface area contributed by atoms with Crippen LogP contribution in [0.4, 0.5) is 0 Å². The van der Waals surface area contributed by atoms with Crippen LogP contribution in [0.5, 0.6) is 0 Å². The van der Waals surface area contributed by atoms with E-state index in [0.29, 0.717) is 44.7 Å². The maximum atomic E-state index is 12.6. The van der Waals surface area contributed by atoms with Crippen LogP contribution < -0.4 is 0 Å². The topological polar surface area (TPSA) is 134 Å². The Balaban J connectivity index is 2.02. The van der Waals surface area contributed by atoms with Gasteiger partial charge in [0, 0.05) is 19.6 Å². The first-order valence-electron chi connectivity index (χ1n) is 12.3. The number of hydrogen-bond acceptors (Lipinski definition) is 8. The largest absolute Gasteiger partial charge is 0.480 e. The van der Waals surface area contributed by atoms with E-state index in [-0.39, 0.29) is 25.6 Å². The lowest BCUT2D eigenvalue weighted by Gasteiger charge is -2.30. The zero-order chi connectivity index (χ0) is 24.4. The number of aliphatic carboxylic acids is 1. The maximum Gasteiger partial charge on any atom is 0.320 e. The zero-order valence-electron chi connectivity index (χ0n) is 20.0. The van der Waals surface area contributed by atoms with Crippen molar-refractivity contribution in [2.24, 2.45) is 17.8 Å². The average Bonchev–Trinajstić information content (AvgIpc) is 3.25. The molecule has 0 aromatic rings. The molecule has 1 heterocycles. The number of carbonyl (C=O) groups excluding carboxylic acids is 2. The Morgan fingerprint density at radius 2 is 1.73 bits per heavy atom. The molecule has 1 aliphatic carbocycles. The molecule has 1 aliphatic heterocycles. The number of nitrogens with zero attached hydrogens (tertiary/aromatic N) is 1. The highest BCUT2D eigenvalue weighted by atomic mass is 16.6. The first-order chi connectivity index (χ1) is 15.7. The second-order valence-corrected chi connectivity index (χ2v) is 9.83. The molecule has 6 unspecified atom stereocenters. The number of likely N-dealkylation sites (tertiary alicyclic amines) is 1. The number of aliphatic hydroxyl groups is 2. The van der Waals surface area contributed by atoms with Gasteiger partial charge in [-0.2, -0.15) is 0 Å². The van der Waals surface area contributed by atoms with Gasteiger partial charge in [-0.25, -0.2) is 0 Å². The number of esters is 2. The van der Waals surface area contributed by atoms with Gasteiger partial charge in [0.25, 0.3) is 0 Å². The van der Waals surface area contributed by atoms with Crippen molar-refractivity contribution in [3.05, 3.63) is 0 Å². The summed E-state index contributed by atoms with van der Waals surface area (Å²) >= 11 is 0. The second-order valence-electron chi connectivity index (χ2n) is 9.83. The Morgan fingerprint density at radius 1 is 1.00 bits per heavy atom. The van der Waals surface area contributed by atoms with Crippen LogP contribution in [0.1, 0.15) is 71.6 Å². The fraction of sp³-hybridized carbons (Fsp3) is 0.875. The predicted octanol–water partition coefficient (Wildman–Crippen LogP) is 1.98. The van der Waals surface area contributed by atoms with Crippen molar-refractivity contribution in [3.8, 4) is 0 Å². The van der Waals surface area contributed by atoms with E-state index >= 15 is 0 Å². The molecule has 3 N–H and O–H groups in total. The van der Waals surface area contributed by atoms with E-state index in [1.165, 1.54) is 0 Å². The van der Waals surface area contributed by atoms with Crippen LogP contribution in [0.25, 0.3) is 0 Å². The average molecular weight is 472 g/mol. The Morgan fingerprint density at radius 3 is 2.39 bits per heavy atom. The number of carbonyl (C=O) groups is 3. The summed E-state index contributed by atoms with van der Waals surface area (Å²) in [5.74, 6) is -2.06. The predicted molar refractivity (Wildman–Crippen MR) is 120 cm³/mol. The third-order valence-electron chi connectivity index (χ3n) is 6.86. The van der Waals surface area contributed by atoms with Crippen molar-refractivity contribution >= 4 is 17.9 Å². The number of carboxylic acids is 1. The van der Waals surface area contributed by atoms with E-state index < -0.39 is 42.1 Å². The van der Waals surface area contributed by atoms with Crippen LogP contribution >= 0.6 is 0 Å². The Hall–Kier alpha value is -1.71. The molecule has 0 aromatic carbocycles. The molecule has 1 saturated heterocycles. The Labute approximate surface area is 196 Å². The van der Waals surface area contributed by atoms with Crippen LogP contribution in [0.3, 0.4) is 0 Å². The minimum absolute atomic E-state index is 0.00248. The van der Waals surface area contributed by atoms with Crippen LogP contribution in [0.15, 0.2) is 0 Å². The molecule has 0 amide bonds. The van der Waals surface area contributed by atoms with Crippen LogP contribution in [0, 0.1) is 17.8 Å². The fourth-order valence-corrected chi connectivity index (χ4v) is 4.86. The fourth-order valence-electron chi connectivity index (χ4n) is 4.86. The first kappa shape index (κ1) is 27.5. The summed E-state index contributed by atoms with van der Waals surface area (Å²) in [5.41, 5.74) is 0. The first-order valence-corrected chi connectivity index (χ1v) is 12.3. The third-order valence-corrected chi connectivity index (χ3v) is 6.86. The molecule has 2 fully saturated rings. The van der Waals surface area contributed by atoms with E-state index in [1.54, 1.807) is 11.8 Å². The van der Waals surface area contributed by atoms with Gasteiger partial charge in [-0.15, -0.1) is 0 Å². The summed E-state index contributed by atoms with van der Waals surface area (Å²) in [6.07, 6.45) is 4.75. The van der Waals surface area contributed by atoms with E-state index in [0.717, 1.165) is 25.7 Å². The summed E-state index contributed by atoms with van der Waals surface area (Å²) in [7, 11) is 0. The van der Waals surface area contributed by atoms with Crippen molar-refractivity contribution in [1.82, 2.24) is 4.90 Å². The van der Waals surface area contributed by atoms with E-state index in [4.69, 9.17) is 9.47 Å². The Kier molecular flexibility index (Phi) is 11.6. The van der Waals surface area contributed by atoms with Gasteiger partial charge in [0.1, 0.15) is 18.2 Å². The summed E-state index contributed by atoms with van der Waals surface area (Å²) in [4.78, 5) is 38.1. The van der Waals surface area contributed by atoms with Gasteiger partial charge in [-0.1, -0.05) is 19.8 Å². The van der Waals surface area contributed by atoms with Crippen LogP contribution in [0.2, 0.25) is 0 Å². The second kappa shape index (κ2) is 13.9. The summed E-state index contributed by atoms with van der Waals surface area (Å²) in [5, 5.41) is 28.4. The molecule has 33 heavy (non-hydrogen) atoms. The van der Waals surface area contributed by atoms with Gasteiger partial charge >= 0.3 is 17.9 Å². The van der Waals surface area contributed by atoms with E-state index in [1.807, 2.05) is 0 Å².